The molecule has 1 aliphatic heterocycles. The lowest BCUT2D eigenvalue weighted by molar-refractivity contribution is -0.120. The molecule has 1 saturated heterocycles. The Hall–Kier alpha value is -0.830. The number of allylic oxidation sites excluding steroid dienone is 2. The molecule has 0 aromatic rings. The van der Waals surface area contributed by atoms with E-state index in [9.17, 15) is 9.90 Å². The van der Waals surface area contributed by atoms with Crippen LogP contribution in [-0.4, -0.2) is 28.6 Å². The second kappa shape index (κ2) is 4.13. The molecule has 1 N–H and O–H groups in total. The third-order valence-corrected chi connectivity index (χ3v) is 3.01. The number of carbonyl (C=O) groups is 1. The SMILES string of the molecule is O=C1CCCC=C1N1CCCCC1O. The van der Waals surface area contributed by atoms with Crippen molar-refractivity contribution in [1.29, 1.82) is 0 Å². The van der Waals surface area contributed by atoms with Crippen LogP contribution in [0.4, 0.5) is 0 Å². The Bertz CT molecular complexity index is 260. The van der Waals surface area contributed by atoms with Crippen LogP contribution in [0.15, 0.2) is 11.8 Å². The normalized spacial score (nSPS) is 28.9. The van der Waals surface area contributed by atoms with Crippen LogP contribution in [0.1, 0.15) is 38.5 Å². The fourth-order valence-corrected chi connectivity index (χ4v) is 2.22. The molecule has 2 aliphatic rings. The summed E-state index contributed by atoms with van der Waals surface area (Å²) in [7, 11) is 0. The van der Waals surface area contributed by atoms with Gasteiger partial charge in [0.15, 0.2) is 5.78 Å². The summed E-state index contributed by atoms with van der Waals surface area (Å²) in [5.41, 5.74) is 0.767. The Morgan fingerprint density at radius 2 is 2.21 bits per heavy atom. The molecular formula is C11H17NO2. The molecule has 0 radical (unpaired) electrons. The number of aliphatic hydroxyl groups excluding tert-OH is 1. The van der Waals surface area contributed by atoms with Crippen LogP contribution in [0.5, 0.6) is 0 Å². The van der Waals surface area contributed by atoms with Crippen molar-refractivity contribution in [1.82, 2.24) is 4.90 Å². The molecule has 1 atom stereocenters. The van der Waals surface area contributed by atoms with E-state index in [1.165, 1.54) is 0 Å². The average molecular weight is 195 g/mol. The number of nitrogens with zero attached hydrogens (tertiary/aromatic N) is 1. The third-order valence-electron chi connectivity index (χ3n) is 3.01. The van der Waals surface area contributed by atoms with Crippen molar-refractivity contribution >= 4 is 5.78 Å². The van der Waals surface area contributed by atoms with Gasteiger partial charge in [-0.05, 0) is 32.1 Å². The van der Waals surface area contributed by atoms with Gasteiger partial charge in [0.05, 0.1) is 5.70 Å². The topological polar surface area (TPSA) is 40.5 Å². The molecule has 0 bridgehead atoms. The molecule has 0 spiro atoms. The summed E-state index contributed by atoms with van der Waals surface area (Å²) < 4.78 is 0. The van der Waals surface area contributed by atoms with E-state index in [0.29, 0.717) is 6.42 Å². The highest BCUT2D eigenvalue weighted by Gasteiger charge is 2.26. The summed E-state index contributed by atoms with van der Waals surface area (Å²) in [6.07, 6.45) is 7.09. The van der Waals surface area contributed by atoms with Crippen molar-refractivity contribution in [2.75, 3.05) is 6.54 Å². The minimum absolute atomic E-state index is 0.206. The highest BCUT2D eigenvalue weighted by molar-refractivity contribution is 5.95. The first-order chi connectivity index (χ1) is 6.79. The Morgan fingerprint density at radius 1 is 1.36 bits per heavy atom. The maximum Gasteiger partial charge on any atom is 0.178 e. The summed E-state index contributed by atoms with van der Waals surface area (Å²) in [6, 6.07) is 0. The van der Waals surface area contributed by atoms with Crippen LogP contribution in [0, 0.1) is 0 Å². The first-order valence-electron chi connectivity index (χ1n) is 5.47. The number of carbonyl (C=O) groups excluding carboxylic acids is 1. The number of aliphatic hydroxyl groups is 1. The van der Waals surface area contributed by atoms with E-state index in [1.54, 1.807) is 0 Å². The van der Waals surface area contributed by atoms with Crippen molar-refractivity contribution in [3.8, 4) is 0 Å². The van der Waals surface area contributed by atoms with Crippen LogP contribution in [0.3, 0.4) is 0 Å². The molecular weight excluding hydrogens is 178 g/mol. The highest BCUT2D eigenvalue weighted by atomic mass is 16.3. The molecule has 1 fully saturated rings. The van der Waals surface area contributed by atoms with Gasteiger partial charge >= 0.3 is 0 Å². The first-order valence-corrected chi connectivity index (χ1v) is 5.47. The van der Waals surface area contributed by atoms with Gasteiger partial charge in [0, 0.05) is 13.0 Å². The third kappa shape index (κ3) is 1.82. The summed E-state index contributed by atoms with van der Waals surface area (Å²) in [5, 5.41) is 9.77. The van der Waals surface area contributed by atoms with Gasteiger partial charge in [-0.25, -0.2) is 0 Å². The fraction of sp³-hybridized carbons (Fsp3) is 0.727. The quantitative estimate of drug-likeness (QED) is 0.688. The predicted molar refractivity (Wildman–Crippen MR) is 53.5 cm³/mol. The molecule has 1 unspecified atom stereocenters. The van der Waals surface area contributed by atoms with Crippen molar-refractivity contribution in [2.45, 2.75) is 44.8 Å². The molecule has 0 aromatic carbocycles. The summed E-state index contributed by atoms with van der Waals surface area (Å²) in [4.78, 5) is 13.5. The van der Waals surface area contributed by atoms with Crippen LogP contribution in [-0.2, 0) is 4.79 Å². The number of rotatable bonds is 1. The lowest BCUT2D eigenvalue weighted by atomic mass is 9.99. The fourth-order valence-electron chi connectivity index (χ4n) is 2.22. The molecule has 0 saturated carbocycles. The van der Waals surface area contributed by atoms with E-state index in [1.807, 2.05) is 11.0 Å². The molecule has 1 heterocycles. The van der Waals surface area contributed by atoms with Gasteiger partial charge in [-0.1, -0.05) is 6.08 Å². The maximum absolute atomic E-state index is 11.6. The van der Waals surface area contributed by atoms with Crippen molar-refractivity contribution in [3.63, 3.8) is 0 Å². The zero-order chi connectivity index (χ0) is 9.97. The molecule has 3 heteroatoms. The minimum Gasteiger partial charge on any atom is -0.374 e. The molecule has 0 amide bonds. The van der Waals surface area contributed by atoms with E-state index >= 15 is 0 Å². The Kier molecular flexibility index (Phi) is 2.87. The van der Waals surface area contributed by atoms with Crippen LogP contribution in [0.25, 0.3) is 0 Å². The predicted octanol–water partition coefficient (Wildman–Crippen LogP) is 1.43. The van der Waals surface area contributed by atoms with Crippen molar-refractivity contribution in [3.05, 3.63) is 11.8 Å². The highest BCUT2D eigenvalue weighted by Crippen LogP contribution is 2.24. The second-order valence-electron chi connectivity index (χ2n) is 4.07. The van der Waals surface area contributed by atoms with Gasteiger partial charge in [-0.15, -0.1) is 0 Å². The van der Waals surface area contributed by atoms with E-state index in [2.05, 4.69) is 0 Å². The van der Waals surface area contributed by atoms with Gasteiger partial charge in [0.2, 0.25) is 0 Å². The van der Waals surface area contributed by atoms with Crippen LogP contribution < -0.4 is 0 Å². The lowest BCUT2D eigenvalue weighted by Gasteiger charge is -2.36. The number of hydrogen-bond donors (Lipinski definition) is 1. The van der Waals surface area contributed by atoms with Crippen LogP contribution >= 0.6 is 0 Å². The molecule has 2 rings (SSSR count). The van der Waals surface area contributed by atoms with Gasteiger partial charge in [-0.2, -0.15) is 0 Å². The summed E-state index contributed by atoms with van der Waals surface area (Å²) in [6.45, 7) is 0.832. The minimum atomic E-state index is -0.433. The van der Waals surface area contributed by atoms with Gasteiger partial charge in [0.25, 0.3) is 0 Å². The lowest BCUT2D eigenvalue weighted by Crippen LogP contribution is -2.41. The molecule has 1 aliphatic carbocycles. The Balaban J connectivity index is 2.11. The van der Waals surface area contributed by atoms with Crippen molar-refractivity contribution in [2.24, 2.45) is 0 Å². The molecule has 14 heavy (non-hydrogen) atoms. The number of Topliss-reactive ketones (excluding diaryl/α,β-unsaturated/α-hetero) is 1. The van der Waals surface area contributed by atoms with E-state index in [-0.39, 0.29) is 5.78 Å². The second-order valence-corrected chi connectivity index (χ2v) is 4.07. The summed E-state index contributed by atoms with van der Waals surface area (Å²) in [5.74, 6) is 0.206. The first kappa shape index (κ1) is 9.71. The molecule has 78 valence electrons. The smallest absolute Gasteiger partial charge is 0.178 e. The van der Waals surface area contributed by atoms with Crippen molar-refractivity contribution < 1.29 is 9.90 Å². The van der Waals surface area contributed by atoms with Gasteiger partial charge in [-0.3, -0.25) is 4.79 Å². The Morgan fingerprint density at radius 3 is 2.93 bits per heavy atom. The van der Waals surface area contributed by atoms with Gasteiger partial charge < -0.3 is 10.0 Å². The zero-order valence-electron chi connectivity index (χ0n) is 8.41. The number of hydrogen-bond acceptors (Lipinski definition) is 3. The molecule has 3 nitrogen and oxygen atoms in total. The number of likely N-dealkylation sites (tertiary alicyclic amines) is 1. The standard InChI is InChI=1S/C11H17NO2/c13-10-6-2-1-5-9(10)12-8-4-3-7-11(12)14/h5,11,14H,1-4,6-8H2. The Labute approximate surface area is 84.4 Å². The van der Waals surface area contributed by atoms with Gasteiger partial charge in [0.1, 0.15) is 6.23 Å². The maximum atomic E-state index is 11.6. The van der Waals surface area contributed by atoms with E-state index in [0.717, 1.165) is 44.3 Å². The number of piperidine rings is 1. The van der Waals surface area contributed by atoms with E-state index < -0.39 is 6.23 Å². The molecule has 0 aromatic heterocycles. The van der Waals surface area contributed by atoms with Crippen LogP contribution in [0.2, 0.25) is 0 Å². The zero-order valence-corrected chi connectivity index (χ0v) is 8.41. The summed E-state index contributed by atoms with van der Waals surface area (Å²) >= 11 is 0. The largest absolute Gasteiger partial charge is 0.374 e. The number of ketones is 1. The monoisotopic (exact) mass is 195 g/mol. The van der Waals surface area contributed by atoms with E-state index in [4.69, 9.17) is 0 Å². The average Bonchev–Trinajstić information content (AvgIpc) is 2.20.